The van der Waals surface area contributed by atoms with E-state index in [4.69, 9.17) is 9.47 Å². The van der Waals surface area contributed by atoms with Crippen molar-refractivity contribution in [1.29, 1.82) is 0 Å². The maximum absolute atomic E-state index is 13.3. The normalized spacial score (nSPS) is 21.5. The molecule has 1 atom stereocenters. The fraction of sp³-hybridized carbons (Fsp3) is 0.538. The molecule has 0 amide bonds. The van der Waals surface area contributed by atoms with Crippen LogP contribution < -0.4 is 4.74 Å². The molecule has 0 aromatic heterocycles. The van der Waals surface area contributed by atoms with Crippen molar-refractivity contribution in [3.8, 4) is 5.75 Å². The first-order chi connectivity index (χ1) is 8.15. The third-order valence-electron chi connectivity index (χ3n) is 2.92. The average Bonchev–Trinajstić information content (AvgIpc) is 2.31. The molecule has 0 saturated carbocycles. The lowest BCUT2D eigenvalue weighted by atomic mass is 10.2. The lowest BCUT2D eigenvalue weighted by Crippen LogP contribution is -2.42. The van der Waals surface area contributed by atoms with Crippen LogP contribution in [0.1, 0.15) is 5.56 Å². The standard InChI is InChI=1S/C13H18FNO2/c1-10-3-4-11(7-13(10)14)17-9-12-8-15(2)5-6-16-12/h3-4,7,12H,5-6,8-9H2,1-2H3. The van der Waals surface area contributed by atoms with Gasteiger partial charge in [-0.15, -0.1) is 0 Å². The molecule has 2 rings (SSSR count). The van der Waals surface area contributed by atoms with Gasteiger partial charge in [-0.1, -0.05) is 6.07 Å². The predicted octanol–water partition coefficient (Wildman–Crippen LogP) is 1.84. The van der Waals surface area contributed by atoms with Gasteiger partial charge in [0.15, 0.2) is 0 Å². The summed E-state index contributed by atoms with van der Waals surface area (Å²) in [6, 6.07) is 4.92. The zero-order valence-electron chi connectivity index (χ0n) is 10.3. The van der Waals surface area contributed by atoms with Crippen LogP contribution in [-0.2, 0) is 4.74 Å². The molecule has 1 saturated heterocycles. The summed E-state index contributed by atoms with van der Waals surface area (Å²) in [5.41, 5.74) is 0.631. The summed E-state index contributed by atoms with van der Waals surface area (Å²) in [6.07, 6.45) is 0.0677. The van der Waals surface area contributed by atoms with Gasteiger partial charge in [-0.2, -0.15) is 0 Å². The minimum absolute atomic E-state index is 0.0677. The number of nitrogens with zero attached hydrogens (tertiary/aromatic N) is 1. The van der Waals surface area contributed by atoms with Crippen LogP contribution in [0.5, 0.6) is 5.75 Å². The monoisotopic (exact) mass is 239 g/mol. The van der Waals surface area contributed by atoms with Gasteiger partial charge in [0.2, 0.25) is 0 Å². The van der Waals surface area contributed by atoms with E-state index in [2.05, 4.69) is 11.9 Å². The zero-order valence-corrected chi connectivity index (χ0v) is 10.3. The molecule has 1 heterocycles. The minimum Gasteiger partial charge on any atom is -0.491 e. The third-order valence-corrected chi connectivity index (χ3v) is 2.92. The molecule has 1 fully saturated rings. The van der Waals surface area contributed by atoms with Crippen molar-refractivity contribution in [3.63, 3.8) is 0 Å². The summed E-state index contributed by atoms with van der Waals surface area (Å²) in [4.78, 5) is 2.20. The molecule has 94 valence electrons. The fourth-order valence-corrected chi connectivity index (χ4v) is 1.82. The number of benzene rings is 1. The molecule has 3 nitrogen and oxygen atoms in total. The number of halogens is 1. The Kier molecular flexibility index (Phi) is 3.97. The van der Waals surface area contributed by atoms with Crippen molar-refractivity contribution in [2.45, 2.75) is 13.0 Å². The molecule has 1 aliphatic heterocycles. The maximum atomic E-state index is 13.3. The van der Waals surface area contributed by atoms with E-state index in [1.165, 1.54) is 6.07 Å². The van der Waals surface area contributed by atoms with Gasteiger partial charge in [-0.05, 0) is 25.6 Å². The second kappa shape index (κ2) is 5.47. The van der Waals surface area contributed by atoms with Crippen LogP contribution >= 0.6 is 0 Å². The van der Waals surface area contributed by atoms with Crippen LogP contribution in [0, 0.1) is 12.7 Å². The number of ether oxygens (including phenoxy) is 2. The number of hydrogen-bond donors (Lipinski definition) is 0. The molecule has 0 radical (unpaired) electrons. The van der Waals surface area contributed by atoms with Crippen molar-refractivity contribution in [2.24, 2.45) is 0 Å². The van der Waals surface area contributed by atoms with E-state index in [1.807, 2.05) is 0 Å². The Hall–Kier alpha value is -1.13. The lowest BCUT2D eigenvalue weighted by Gasteiger charge is -2.29. The second-order valence-corrected chi connectivity index (χ2v) is 4.48. The Labute approximate surface area is 101 Å². The molecule has 0 bridgehead atoms. The van der Waals surface area contributed by atoms with E-state index in [9.17, 15) is 4.39 Å². The predicted molar refractivity (Wildman–Crippen MR) is 63.9 cm³/mol. The van der Waals surface area contributed by atoms with Gasteiger partial charge in [0.05, 0.1) is 6.61 Å². The van der Waals surface area contributed by atoms with Gasteiger partial charge >= 0.3 is 0 Å². The molecule has 4 heteroatoms. The van der Waals surface area contributed by atoms with Crippen molar-refractivity contribution >= 4 is 0 Å². The number of hydrogen-bond acceptors (Lipinski definition) is 3. The van der Waals surface area contributed by atoms with Gasteiger partial charge in [-0.25, -0.2) is 4.39 Å². The maximum Gasteiger partial charge on any atom is 0.129 e. The molecule has 1 aliphatic rings. The molecule has 1 aromatic rings. The van der Waals surface area contributed by atoms with E-state index < -0.39 is 0 Å². The Bertz CT molecular complexity index is 384. The molecular formula is C13H18FNO2. The van der Waals surface area contributed by atoms with E-state index >= 15 is 0 Å². The molecule has 0 spiro atoms. The topological polar surface area (TPSA) is 21.7 Å². The highest BCUT2D eigenvalue weighted by atomic mass is 19.1. The Morgan fingerprint density at radius 3 is 3.06 bits per heavy atom. The third kappa shape index (κ3) is 3.41. The number of morpholine rings is 1. The lowest BCUT2D eigenvalue weighted by molar-refractivity contribution is -0.0403. The van der Waals surface area contributed by atoms with Gasteiger partial charge in [-0.3, -0.25) is 0 Å². The molecule has 0 N–H and O–H groups in total. The largest absolute Gasteiger partial charge is 0.491 e. The Balaban J connectivity index is 1.86. The van der Waals surface area contributed by atoms with E-state index in [0.717, 1.165) is 19.7 Å². The number of rotatable bonds is 3. The van der Waals surface area contributed by atoms with E-state index in [-0.39, 0.29) is 11.9 Å². The smallest absolute Gasteiger partial charge is 0.129 e. The van der Waals surface area contributed by atoms with Gasteiger partial charge in [0.25, 0.3) is 0 Å². The number of likely N-dealkylation sites (N-methyl/N-ethyl adjacent to an activating group) is 1. The van der Waals surface area contributed by atoms with Crippen LogP contribution in [-0.4, -0.2) is 44.4 Å². The minimum atomic E-state index is -0.232. The van der Waals surface area contributed by atoms with Gasteiger partial charge in [0.1, 0.15) is 24.3 Å². The van der Waals surface area contributed by atoms with E-state index in [1.54, 1.807) is 19.1 Å². The van der Waals surface area contributed by atoms with Crippen molar-refractivity contribution in [2.75, 3.05) is 33.4 Å². The fourth-order valence-electron chi connectivity index (χ4n) is 1.82. The quantitative estimate of drug-likeness (QED) is 0.803. The highest BCUT2D eigenvalue weighted by Crippen LogP contribution is 2.16. The summed E-state index contributed by atoms with van der Waals surface area (Å²) in [7, 11) is 2.06. The van der Waals surface area contributed by atoms with Crippen LogP contribution in [0.4, 0.5) is 4.39 Å². The molecular weight excluding hydrogens is 221 g/mol. The van der Waals surface area contributed by atoms with Crippen molar-refractivity contribution < 1.29 is 13.9 Å². The SMILES string of the molecule is Cc1ccc(OCC2CN(C)CCO2)cc1F. The Morgan fingerprint density at radius 1 is 1.53 bits per heavy atom. The summed E-state index contributed by atoms with van der Waals surface area (Å²) >= 11 is 0. The van der Waals surface area contributed by atoms with Crippen LogP contribution in [0.25, 0.3) is 0 Å². The van der Waals surface area contributed by atoms with Crippen LogP contribution in [0.3, 0.4) is 0 Å². The van der Waals surface area contributed by atoms with E-state index in [0.29, 0.717) is 17.9 Å². The average molecular weight is 239 g/mol. The van der Waals surface area contributed by atoms with Crippen molar-refractivity contribution in [3.05, 3.63) is 29.6 Å². The summed E-state index contributed by atoms with van der Waals surface area (Å²) in [5.74, 6) is 0.328. The molecule has 17 heavy (non-hydrogen) atoms. The first-order valence-corrected chi connectivity index (χ1v) is 5.84. The summed E-state index contributed by atoms with van der Waals surface area (Å²) in [6.45, 7) is 4.74. The van der Waals surface area contributed by atoms with Gasteiger partial charge < -0.3 is 14.4 Å². The highest BCUT2D eigenvalue weighted by molar-refractivity contribution is 5.27. The molecule has 1 unspecified atom stereocenters. The first kappa shape index (κ1) is 12.3. The van der Waals surface area contributed by atoms with Crippen molar-refractivity contribution in [1.82, 2.24) is 4.90 Å². The Morgan fingerprint density at radius 2 is 2.35 bits per heavy atom. The molecule has 1 aromatic carbocycles. The zero-order chi connectivity index (χ0) is 12.3. The van der Waals surface area contributed by atoms with Gasteiger partial charge in [0, 0.05) is 19.2 Å². The second-order valence-electron chi connectivity index (χ2n) is 4.48. The van der Waals surface area contributed by atoms with Crippen LogP contribution in [0.2, 0.25) is 0 Å². The van der Waals surface area contributed by atoms with Crippen LogP contribution in [0.15, 0.2) is 18.2 Å². The first-order valence-electron chi connectivity index (χ1n) is 5.84. The number of aryl methyl sites for hydroxylation is 1. The highest BCUT2D eigenvalue weighted by Gasteiger charge is 2.18. The molecule has 0 aliphatic carbocycles. The summed E-state index contributed by atoms with van der Waals surface area (Å²) < 4.78 is 24.4. The summed E-state index contributed by atoms with van der Waals surface area (Å²) in [5, 5.41) is 0.